The molecule has 2 N–H and O–H groups in total. The fourth-order valence-electron chi connectivity index (χ4n) is 2.51. The standard InChI is InChI=1S/C20H21N3O4S2/c1-3-15-5-4-6-17(13-15)27-14(2)19(24)22-16-7-9-18(10-8-16)29(25,26)23-20-21-11-12-28-20/h4-14H,3H2,1-2H3,(H,21,23)(H,22,24). The van der Waals surface area contributed by atoms with Gasteiger partial charge in [0, 0.05) is 17.3 Å². The SMILES string of the molecule is CCc1cccc(OC(C)C(=O)Nc2ccc(S(=O)(=O)Nc3nccs3)cc2)c1. The van der Waals surface area contributed by atoms with E-state index in [0.29, 0.717) is 16.6 Å². The van der Waals surface area contributed by atoms with Crippen LogP contribution in [-0.2, 0) is 21.2 Å². The molecule has 0 aliphatic rings. The van der Waals surface area contributed by atoms with Crippen molar-refractivity contribution in [2.75, 3.05) is 10.0 Å². The van der Waals surface area contributed by atoms with E-state index in [4.69, 9.17) is 4.74 Å². The number of nitrogens with zero attached hydrogens (tertiary/aromatic N) is 1. The molecule has 0 fully saturated rings. The van der Waals surface area contributed by atoms with Gasteiger partial charge in [0.15, 0.2) is 11.2 Å². The minimum Gasteiger partial charge on any atom is -0.481 e. The summed E-state index contributed by atoms with van der Waals surface area (Å²) in [7, 11) is -3.73. The molecule has 0 aliphatic heterocycles. The first-order valence-electron chi connectivity index (χ1n) is 8.96. The van der Waals surface area contributed by atoms with Crippen LogP contribution in [0.15, 0.2) is 65.0 Å². The Morgan fingerprint density at radius 2 is 1.97 bits per heavy atom. The first-order chi connectivity index (χ1) is 13.9. The van der Waals surface area contributed by atoms with E-state index in [1.807, 2.05) is 25.1 Å². The predicted molar refractivity (Wildman–Crippen MR) is 114 cm³/mol. The minimum atomic E-state index is -3.73. The normalized spacial score (nSPS) is 12.2. The average Bonchev–Trinajstić information content (AvgIpc) is 3.20. The highest BCUT2D eigenvalue weighted by atomic mass is 32.2. The van der Waals surface area contributed by atoms with Gasteiger partial charge in [0.05, 0.1) is 4.90 Å². The van der Waals surface area contributed by atoms with Gasteiger partial charge in [-0.15, -0.1) is 11.3 Å². The summed E-state index contributed by atoms with van der Waals surface area (Å²) < 4.78 is 32.8. The van der Waals surface area contributed by atoms with Crippen molar-refractivity contribution in [1.82, 2.24) is 4.98 Å². The molecule has 9 heteroatoms. The maximum Gasteiger partial charge on any atom is 0.265 e. The summed E-state index contributed by atoms with van der Waals surface area (Å²) in [6, 6.07) is 13.5. The summed E-state index contributed by atoms with van der Waals surface area (Å²) in [5.41, 5.74) is 1.60. The second-order valence-corrected chi connectivity index (χ2v) is 8.79. The Hall–Kier alpha value is -2.91. The zero-order valence-electron chi connectivity index (χ0n) is 16.0. The number of anilines is 2. The summed E-state index contributed by atoms with van der Waals surface area (Å²) >= 11 is 1.19. The van der Waals surface area contributed by atoms with Crippen molar-refractivity contribution in [1.29, 1.82) is 0 Å². The van der Waals surface area contributed by atoms with Crippen LogP contribution in [0.25, 0.3) is 0 Å². The summed E-state index contributed by atoms with van der Waals surface area (Å²) in [5.74, 6) is 0.296. The van der Waals surface area contributed by atoms with Crippen molar-refractivity contribution in [2.45, 2.75) is 31.3 Å². The predicted octanol–water partition coefficient (Wildman–Crippen LogP) is 3.91. The highest BCUT2D eigenvalue weighted by Crippen LogP contribution is 2.20. The summed E-state index contributed by atoms with van der Waals surface area (Å²) in [6.45, 7) is 3.70. The van der Waals surface area contributed by atoms with Crippen molar-refractivity contribution >= 4 is 38.1 Å². The number of nitrogens with one attached hydrogen (secondary N) is 2. The van der Waals surface area contributed by atoms with Crippen molar-refractivity contribution < 1.29 is 17.9 Å². The molecular weight excluding hydrogens is 410 g/mol. The van der Waals surface area contributed by atoms with Gasteiger partial charge in [-0.3, -0.25) is 9.52 Å². The monoisotopic (exact) mass is 431 g/mol. The van der Waals surface area contributed by atoms with Crippen LogP contribution in [0.1, 0.15) is 19.4 Å². The summed E-state index contributed by atoms with van der Waals surface area (Å²) in [4.78, 5) is 16.4. The quantitative estimate of drug-likeness (QED) is 0.564. The van der Waals surface area contributed by atoms with Gasteiger partial charge in [0.25, 0.3) is 15.9 Å². The van der Waals surface area contributed by atoms with Crippen LogP contribution in [0, 0.1) is 0 Å². The Balaban J connectivity index is 1.61. The first-order valence-corrected chi connectivity index (χ1v) is 11.3. The number of ether oxygens (including phenoxy) is 1. The molecule has 0 radical (unpaired) electrons. The van der Waals surface area contributed by atoms with Crippen molar-refractivity contribution in [3.05, 3.63) is 65.7 Å². The lowest BCUT2D eigenvalue weighted by molar-refractivity contribution is -0.122. The number of carbonyl (C=O) groups excluding carboxylic acids is 1. The van der Waals surface area contributed by atoms with E-state index in [0.717, 1.165) is 12.0 Å². The number of aromatic nitrogens is 1. The Morgan fingerprint density at radius 3 is 2.62 bits per heavy atom. The van der Waals surface area contributed by atoms with Gasteiger partial charge in [-0.05, 0) is 55.3 Å². The van der Waals surface area contributed by atoms with Crippen LogP contribution >= 0.6 is 11.3 Å². The zero-order valence-corrected chi connectivity index (χ0v) is 17.6. The third-order valence-corrected chi connectivity index (χ3v) is 6.25. The molecule has 3 rings (SSSR count). The van der Waals surface area contributed by atoms with Crippen molar-refractivity contribution in [3.63, 3.8) is 0 Å². The third kappa shape index (κ3) is 5.55. The molecule has 0 saturated carbocycles. The van der Waals surface area contributed by atoms with Crippen LogP contribution in [0.2, 0.25) is 0 Å². The molecule has 0 saturated heterocycles. The van der Waals surface area contributed by atoms with Crippen LogP contribution in [0.3, 0.4) is 0 Å². The van der Waals surface area contributed by atoms with Crippen LogP contribution in [0.4, 0.5) is 10.8 Å². The molecule has 2 aromatic carbocycles. The maximum absolute atomic E-state index is 12.4. The van der Waals surface area contributed by atoms with E-state index in [9.17, 15) is 13.2 Å². The molecule has 0 aliphatic carbocycles. The second-order valence-electron chi connectivity index (χ2n) is 6.22. The molecule has 1 heterocycles. The minimum absolute atomic E-state index is 0.0754. The van der Waals surface area contributed by atoms with Gasteiger partial charge in [0.1, 0.15) is 5.75 Å². The first kappa shape index (κ1) is 20.8. The van der Waals surface area contributed by atoms with Crippen molar-refractivity contribution in [2.24, 2.45) is 0 Å². The number of hydrogen-bond donors (Lipinski definition) is 2. The maximum atomic E-state index is 12.4. The van der Waals surface area contributed by atoms with Crippen LogP contribution in [-0.4, -0.2) is 25.4 Å². The fourth-order valence-corrected chi connectivity index (χ4v) is 4.29. The summed E-state index contributed by atoms with van der Waals surface area (Å²) in [6.07, 6.45) is 1.69. The molecule has 0 bridgehead atoms. The van der Waals surface area contributed by atoms with Gasteiger partial charge in [-0.1, -0.05) is 19.1 Å². The van der Waals surface area contributed by atoms with E-state index < -0.39 is 16.1 Å². The van der Waals surface area contributed by atoms with Gasteiger partial charge >= 0.3 is 0 Å². The molecule has 3 aromatic rings. The van der Waals surface area contributed by atoms with Gasteiger partial charge in [0.2, 0.25) is 0 Å². The molecule has 0 spiro atoms. The van der Waals surface area contributed by atoms with E-state index in [1.165, 1.54) is 41.8 Å². The lowest BCUT2D eigenvalue weighted by Crippen LogP contribution is -2.30. The molecule has 1 unspecified atom stereocenters. The highest BCUT2D eigenvalue weighted by molar-refractivity contribution is 7.93. The zero-order chi connectivity index (χ0) is 20.9. The number of amides is 1. The van der Waals surface area contributed by atoms with Gasteiger partial charge in [-0.25, -0.2) is 13.4 Å². The van der Waals surface area contributed by atoms with Crippen LogP contribution < -0.4 is 14.8 Å². The van der Waals surface area contributed by atoms with Crippen molar-refractivity contribution in [3.8, 4) is 5.75 Å². The Morgan fingerprint density at radius 1 is 1.21 bits per heavy atom. The Labute approximate surface area is 173 Å². The number of benzene rings is 2. The number of thiazole rings is 1. The Kier molecular flexibility index (Phi) is 6.50. The number of carbonyl (C=O) groups is 1. The topological polar surface area (TPSA) is 97.4 Å². The molecular formula is C20H21N3O4S2. The summed E-state index contributed by atoms with van der Waals surface area (Å²) in [5, 5.41) is 4.70. The number of sulfonamides is 1. The largest absolute Gasteiger partial charge is 0.481 e. The number of hydrogen-bond acceptors (Lipinski definition) is 6. The second kappa shape index (κ2) is 9.06. The van der Waals surface area contributed by atoms with E-state index >= 15 is 0 Å². The third-order valence-electron chi connectivity index (χ3n) is 4.07. The molecule has 7 nitrogen and oxygen atoms in total. The Bertz CT molecular complexity index is 1070. The molecule has 29 heavy (non-hydrogen) atoms. The lowest BCUT2D eigenvalue weighted by atomic mass is 10.2. The fraction of sp³-hybridized carbons (Fsp3) is 0.200. The van der Waals surface area contributed by atoms with E-state index in [-0.39, 0.29) is 10.8 Å². The van der Waals surface area contributed by atoms with Gasteiger partial charge < -0.3 is 10.1 Å². The molecule has 1 amide bonds. The average molecular weight is 432 g/mol. The molecule has 1 aromatic heterocycles. The van der Waals surface area contributed by atoms with E-state index in [2.05, 4.69) is 15.0 Å². The number of rotatable bonds is 8. The highest BCUT2D eigenvalue weighted by Gasteiger charge is 2.17. The smallest absolute Gasteiger partial charge is 0.265 e. The lowest BCUT2D eigenvalue weighted by Gasteiger charge is -2.15. The van der Waals surface area contributed by atoms with E-state index in [1.54, 1.807) is 18.4 Å². The molecule has 152 valence electrons. The van der Waals surface area contributed by atoms with Crippen LogP contribution in [0.5, 0.6) is 5.75 Å². The molecule has 1 atom stereocenters. The van der Waals surface area contributed by atoms with Gasteiger partial charge in [-0.2, -0.15) is 0 Å². The number of aryl methyl sites for hydroxylation is 1.